The van der Waals surface area contributed by atoms with Crippen molar-refractivity contribution in [2.75, 3.05) is 6.61 Å². The molecule has 0 saturated carbocycles. The van der Waals surface area contributed by atoms with Gasteiger partial charge in [0.05, 0.1) is 23.8 Å². The standard InChI is InChI=1S/C21H37BO4Si/c1-20(2)21(3,4)26-22(25-20)19(24-27(5,6)7)15-11-12-16-23-17-18-13-9-8-10-14-18/h8-10,13-14,19H,11-12,15-17H2,1-7H3/t19-/m1/s1. The van der Waals surface area contributed by atoms with E-state index < -0.39 is 8.32 Å². The third-order valence-corrected chi connectivity index (χ3v) is 6.23. The van der Waals surface area contributed by atoms with Gasteiger partial charge in [-0.2, -0.15) is 0 Å². The largest absolute Gasteiger partial charge is 0.487 e. The van der Waals surface area contributed by atoms with E-state index in [-0.39, 0.29) is 24.3 Å². The summed E-state index contributed by atoms with van der Waals surface area (Å²) in [6.45, 7) is 16.5. The van der Waals surface area contributed by atoms with Crippen molar-refractivity contribution in [1.29, 1.82) is 0 Å². The zero-order valence-electron chi connectivity index (χ0n) is 18.2. The molecule has 0 unspecified atom stereocenters. The minimum Gasteiger partial charge on any atom is -0.417 e. The fraction of sp³-hybridized carbons (Fsp3) is 0.714. The van der Waals surface area contributed by atoms with Gasteiger partial charge in [-0.1, -0.05) is 30.3 Å². The lowest BCUT2D eigenvalue weighted by molar-refractivity contribution is 0.00578. The van der Waals surface area contributed by atoms with Crippen molar-refractivity contribution in [2.45, 2.75) is 90.4 Å². The molecule has 4 nitrogen and oxygen atoms in total. The maximum absolute atomic E-state index is 6.43. The van der Waals surface area contributed by atoms with Gasteiger partial charge in [-0.15, -0.1) is 0 Å². The lowest BCUT2D eigenvalue weighted by atomic mass is 9.78. The Bertz CT molecular complexity index is 555. The Balaban J connectivity index is 1.79. The topological polar surface area (TPSA) is 36.9 Å². The molecule has 0 spiro atoms. The van der Waals surface area contributed by atoms with E-state index in [1.54, 1.807) is 0 Å². The summed E-state index contributed by atoms with van der Waals surface area (Å²) in [6, 6.07) is 10.3. The average molecular weight is 392 g/mol. The van der Waals surface area contributed by atoms with Gasteiger partial charge < -0.3 is 18.5 Å². The fourth-order valence-corrected chi connectivity index (χ4v) is 4.20. The van der Waals surface area contributed by atoms with E-state index in [9.17, 15) is 0 Å². The van der Waals surface area contributed by atoms with Crippen LogP contribution in [0, 0.1) is 0 Å². The van der Waals surface area contributed by atoms with Crippen molar-refractivity contribution in [3.05, 3.63) is 35.9 Å². The molecule has 2 rings (SSSR count). The number of hydrogen-bond acceptors (Lipinski definition) is 4. The monoisotopic (exact) mass is 392 g/mol. The van der Waals surface area contributed by atoms with Gasteiger partial charge in [-0.25, -0.2) is 0 Å². The molecule has 1 aromatic rings. The van der Waals surface area contributed by atoms with Crippen LogP contribution in [0.4, 0.5) is 0 Å². The van der Waals surface area contributed by atoms with E-state index in [0.717, 1.165) is 25.9 Å². The van der Waals surface area contributed by atoms with Crippen molar-refractivity contribution in [2.24, 2.45) is 0 Å². The number of hydrogen-bond donors (Lipinski definition) is 0. The Labute approximate surface area is 167 Å². The van der Waals surface area contributed by atoms with Crippen molar-refractivity contribution in [1.82, 2.24) is 0 Å². The molecule has 152 valence electrons. The van der Waals surface area contributed by atoms with E-state index in [1.807, 2.05) is 18.2 Å². The first-order valence-electron chi connectivity index (χ1n) is 10.2. The highest BCUT2D eigenvalue weighted by Crippen LogP contribution is 2.39. The lowest BCUT2D eigenvalue weighted by Crippen LogP contribution is -2.43. The molecule has 1 heterocycles. The van der Waals surface area contributed by atoms with E-state index in [4.69, 9.17) is 18.5 Å². The quantitative estimate of drug-likeness (QED) is 0.404. The highest BCUT2D eigenvalue weighted by atomic mass is 28.4. The van der Waals surface area contributed by atoms with E-state index in [2.05, 4.69) is 59.5 Å². The third kappa shape index (κ3) is 7.02. The van der Waals surface area contributed by atoms with E-state index in [0.29, 0.717) is 6.61 Å². The minimum atomic E-state index is -1.69. The van der Waals surface area contributed by atoms with Crippen LogP contribution in [-0.4, -0.2) is 39.2 Å². The van der Waals surface area contributed by atoms with Gasteiger partial charge in [0.15, 0.2) is 8.32 Å². The molecular weight excluding hydrogens is 355 g/mol. The summed E-state index contributed by atoms with van der Waals surface area (Å²) in [7, 11) is -1.99. The fourth-order valence-electron chi connectivity index (χ4n) is 3.06. The Kier molecular flexibility index (Phi) is 7.73. The van der Waals surface area contributed by atoms with Gasteiger partial charge >= 0.3 is 7.12 Å². The summed E-state index contributed by atoms with van der Waals surface area (Å²) in [4.78, 5) is 0. The first-order valence-corrected chi connectivity index (χ1v) is 13.6. The Morgan fingerprint density at radius 3 is 2.11 bits per heavy atom. The highest BCUT2D eigenvalue weighted by molar-refractivity contribution is 6.70. The molecule has 1 fully saturated rings. The van der Waals surface area contributed by atoms with E-state index >= 15 is 0 Å². The van der Waals surface area contributed by atoms with Gasteiger partial charge in [-0.05, 0) is 72.2 Å². The third-order valence-electron chi connectivity index (χ3n) is 5.22. The van der Waals surface area contributed by atoms with Crippen LogP contribution in [0.25, 0.3) is 0 Å². The van der Waals surface area contributed by atoms with Crippen LogP contribution in [0.3, 0.4) is 0 Å². The van der Waals surface area contributed by atoms with Gasteiger partial charge in [0, 0.05) is 6.61 Å². The number of rotatable bonds is 10. The van der Waals surface area contributed by atoms with Crippen LogP contribution >= 0.6 is 0 Å². The number of unbranched alkanes of at least 4 members (excludes halogenated alkanes) is 1. The number of benzene rings is 1. The molecule has 0 aliphatic carbocycles. The molecule has 1 atom stereocenters. The minimum absolute atomic E-state index is 0.0214. The highest BCUT2D eigenvalue weighted by Gasteiger charge is 2.54. The summed E-state index contributed by atoms with van der Waals surface area (Å²) in [6.07, 6.45) is 2.97. The summed E-state index contributed by atoms with van der Waals surface area (Å²) in [5.41, 5.74) is 0.573. The molecular formula is C21H37BO4Si. The molecule has 1 aliphatic heterocycles. The normalized spacial score (nSPS) is 20.0. The van der Waals surface area contributed by atoms with Crippen LogP contribution in [0.1, 0.15) is 52.5 Å². The van der Waals surface area contributed by atoms with Crippen LogP contribution in [0.5, 0.6) is 0 Å². The second kappa shape index (κ2) is 9.23. The molecule has 1 aliphatic rings. The van der Waals surface area contributed by atoms with Crippen molar-refractivity contribution in [3.8, 4) is 0 Å². The molecule has 6 heteroatoms. The molecule has 27 heavy (non-hydrogen) atoms. The zero-order valence-corrected chi connectivity index (χ0v) is 19.2. The predicted octanol–water partition coefficient (Wildman–Crippen LogP) is 5.23. The van der Waals surface area contributed by atoms with Gasteiger partial charge in [-0.3, -0.25) is 0 Å². The smallest absolute Gasteiger partial charge is 0.417 e. The van der Waals surface area contributed by atoms with Crippen molar-refractivity contribution < 1.29 is 18.5 Å². The van der Waals surface area contributed by atoms with Gasteiger partial charge in [0.2, 0.25) is 0 Å². The van der Waals surface area contributed by atoms with Gasteiger partial charge in [0.25, 0.3) is 0 Å². The molecule has 0 N–H and O–H groups in total. The van der Waals surface area contributed by atoms with Crippen LogP contribution in [-0.2, 0) is 25.1 Å². The molecule has 1 saturated heterocycles. The second-order valence-corrected chi connectivity index (χ2v) is 13.9. The first kappa shape index (κ1) is 22.6. The lowest BCUT2D eigenvalue weighted by Gasteiger charge is -2.32. The molecule has 0 amide bonds. The summed E-state index contributed by atoms with van der Waals surface area (Å²) in [5, 5.41) is 0. The second-order valence-electron chi connectivity index (χ2n) is 9.43. The Morgan fingerprint density at radius 2 is 1.56 bits per heavy atom. The SMILES string of the molecule is CC1(C)OB([C@@H](CCCCOCc2ccccc2)O[Si](C)(C)C)OC1(C)C. The van der Waals surface area contributed by atoms with Crippen LogP contribution in [0.15, 0.2) is 30.3 Å². The van der Waals surface area contributed by atoms with E-state index in [1.165, 1.54) is 5.56 Å². The maximum atomic E-state index is 6.43. The average Bonchev–Trinajstić information content (AvgIpc) is 2.77. The molecule has 0 radical (unpaired) electrons. The zero-order chi connectivity index (χ0) is 20.1. The first-order chi connectivity index (χ1) is 12.5. The number of ether oxygens (including phenoxy) is 1. The molecule has 1 aromatic carbocycles. The molecule has 0 bridgehead atoms. The van der Waals surface area contributed by atoms with Gasteiger partial charge in [0.1, 0.15) is 0 Å². The summed E-state index contributed by atoms with van der Waals surface area (Å²) < 4.78 is 24.7. The Morgan fingerprint density at radius 1 is 0.963 bits per heavy atom. The van der Waals surface area contributed by atoms with Crippen molar-refractivity contribution in [3.63, 3.8) is 0 Å². The maximum Gasteiger partial charge on any atom is 0.487 e. The van der Waals surface area contributed by atoms with Crippen molar-refractivity contribution >= 4 is 15.4 Å². The Hall–Kier alpha value is -0.658. The summed E-state index contributed by atoms with van der Waals surface area (Å²) >= 11 is 0. The van der Waals surface area contributed by atoms with Crippen LogP contribution in [0.2, 0.25) is 19.6 Å². The summed E-state index contributed by atoms with van der Waals surface area (Å²) in [5.74, 6) is 0. The predicted molar refractivity (Wildman–Crippen MR) is 114 cm³/mol. The molecule has 0 aromatic heterocycles. The van der Waals surface area contributed by atoms with Crippen LogP contribution < -0.4 is 0 Å².